The van der Waals surface area contributed by atoms with Gasteiger partial charge in [0.15, 0.2) is 0 Å². The Bertz CT molecular complexity index is 538. The predicted molar refractivity (Wildman–Crippen MR) is 72.3 cm³/mol. The van der Waals surface area contributed by atoms with Crippen LogP contribution in [0.2, 0.25) is 5.02 Å². The van der Waals surface area contributed by atoms with Crippen LogP contribution in [0.15, 0.2) is 36.9 Å². The highest BCUT2D eigenvalue weighted by atomic mass is 35.5. The van der Waals surface area contributed by atoms with Gasteiger partial charge in [-0.25, -0.2) is 9.97 Å². The molecule has 1 aromatic heterocycles. The van der Waals surface area contributed by atoms with Gasteiger partial charge in [0.25, 0.3) is 0 Å². The van der Waals surface area contributed by atoms with Gasteiger partial charge in [-0.05, 0) is 30.0 Å². The summed E-state index contributed by atoms with van der Waals surface area (Å²) >= 11 is 6.30. The van der Waals surface area contributed by atoms with Crippen LogP contribution in [0.4, 0.5) is 0 Å². The number of nitrogens with zero attached hydrogens (tertiary/aromatic N) is 2. The molecule has 1 aliphatic rings. The van der Waals surface area contributed by atoms with Gasteiger partial charge in [0, 0.05) is 35.6 Å². The molecular formula is C14H14ClN3. The van der Waals surface area contributed by atoms with Crippen molar-refractivity contribution < 1.29 is 0 Å². The monoisotopic (exact) mass is 259 g/mol. The van der Waals surface area contributed by atoms with Gasteiger partial charge in [-0.3, -0.25) is 0 Å². The van der Waals surface area contributed by atoms with Crippen molar-refractivity contribution in [1.29, 1.82) is 0 Å². The third-order valence-corrected chi connectivity index (χ3v) is 3.46. The summed E-state index contributed by atoms with van der Waals surface area (Å²) in [5.74, 6) is 0. The summed E-state index contributed by atoms with van der Waals surface area (Å²) in [4.78, 5) is 8.03. The Hall–Kier alpha value is -1.45. The quantitative estimate of drug-likeness (QED) is 0.917. The molecule has 0 bridgehead atoms. The summed E-state index contributed by atoms with van der Waals surface area (Å²) in [5, 5.41) is 4.26. The van der Waals surface area contributed by atoms with Crippen molar-refractivity contribution in [2.45, 2.75) is 25.4 Å². The van der Waals surface area contributed by atoms with E-state index >= 15 is 0 Å². The fraction of sp³-hybridized carbons (Fsp3) is 0.286. The molecule has 0 radical (unpaired) electrons. The maximum atomic E-state index is 6.30. The van der Waals surface area contributed by atoms with E-state index in [-0.39, 0.29) is 0 Å². The lowest BCUT2D eigenvalue weighted by molar-refractivity contribution is 0.688. The summed E-state index contributed by atoms with van der Waals surface area (Å²) in [6.45, 7) is 0.842. The van der Waals surface area contributed by atoms with E-state index in [9.17, 15) is 0 Å². The first-order valence-corrected chi connectivity index (χ1v) is 6.48. The van der Waals surface area contributed by atoms with Gasteiger partial charge in [0.05, 0.1) is 0 Å². The maximum absolute atomic E-state index is 6.30. The lowest BCUT2D eigenvalue weighted by Crippen LogP contribution is -2.15. The third kappa shape index (κ3) is 2.68. The lowest BCUT2D eigenvalue weighted by Gasteiger charge is -2.08. The van der Waals surface area contributed by atoms with E-state index < -0.39 is 0 Å². The van der Waals surface area contributed by atoms with E-state index in [1.807, 2.05) is 6.07 Å². The summed E-state index contributed by atoms with van der Waals surface area (Å²) < 4.78 is 0. The van der Waals surface area contributed by atoms with Gasteiger partial charge < -0.3 is 5.32 Å². The molecule has 0 amide bonds. The summed E-state index contributed by atoms with van der Waals surface area (Å²) in [5.41, 5.74) is 3.18. The molecule has 0 aliphatic heterocycles. The average Bonchev–Trinajstić information content (AvgIpc) is 3.22. The number of hydrogen-bond acceptors (Lipinski definition) is 3. The molecule has 1 N–H and O–H groups in total. The van der Waals surface area contributed by atoms with E-state index in [0.29, 0.717) is 6.04 Å². The second-order valence-electron chi connectivity index (χ2n) is 4.59. The normalized spacial score (nSPS) is 14.7. The van der Waals surface area contributed by atoms with E-state index in [1.165, 1.54) is 19.2 Å². The van der Waals surface area contributed by atoms with Gasteiger partial charge in [-0.1, -0.05) is 23.7 Å². The molecule has 3 nitrogen and oxygen atoms in total. The molecule has 1 heterocycles. The number of rotatable bonds is 4. The van der Waals surface area contributed by atoms with Gasteiger partial charge in [0.2, 0.25) is 0 Å². The second-order valence-corrected chi connectivity index (χ2v) is 5.00. The highest BCUT2D eigenvalue weighted by Crippen LogP contribution is 2.26. The molecule has 0 saturated heterocycles. The minimum absolute atomic E-state index is 0.697. The molecule has 1 aromatic carbocycles. The first-order valence-electron chi connectivity index (χ1n) is 6.10. The fourth-order valence-corrected chi connectivity index (χ4v) is 2.11. The number of nitrogens with one attached hydrogen (secondary N) is 1. The van der Waals surface area contributed by atoms with Crippen molar-refractivity contribution in [3.63, 3.8) is 0 Å². The number of benzene rings is 1. The van der Waals surface area contributed by atoms with Crippen LogP contribution in [0.3, 0.4) is 0 Å². The van der Waals surface area contributed by atoms with Crippen LogP contribution in [-0.4, -0.2) is 16.0 Å². The second kappa shape index (κ2) is 5.04. The van der Waals surface area contributed by atoms with Gasteiger partial charge in [-0.2, -0.15) is 0 Å². The van der Waals surface area contributed by atoms with Crippen molar-refractivity contribution in [1.82, 2.24) is 15.3 Å². The van der Waals surface area contributed by atoms with Crippen molar-refractivity contribution in [2.75, 3.05) is 0 Å². The Balaban J connectivity index is 1.79. The lowest BCUT2D eigenvalue weighted by atomic mass is 10.1. The van der Waals surface area contributed by atoms with Crippen LogP contribution < -0.4 is 5.32 Å². The fourth-order valence-electron chi connectivity index (χ4n) is 1.86. The van der Waals surface area contributed by atoms with Crippen molar-refractivity contribution in [3.05, 3.63) is 47.5 Å². The molecule has 1 aliphatic carbocycles. The van der Waals surface area contributed by atoms with Crippen molar-refractivity contribution in [3.8, 4) is 11.1 Å². The molecule has 1 saturated carbocycles. The Morgan fingerprint density at radius 3 is 2.61 bits per heavy atom. The van der Waals surface area contributed by atoms with E-state index in [2.05, 4.69) is 27.4 Å². The summed E-state index contributed by atoms with van der Waals surface area (Å²) in [6, 6.07) is 6.81. The number of hydrogen-bond donors (Lipinski definition) is 1. The van der Waals surface area contributed by atoms with Gasteiger partial charge >= 0.3 is 0 Å². The van der Waals surface area contributed by atoms with Gasteiger partial charge in [-0.15, -0.1) is 0 Å². The zero-order valence-electron chi connectivity index (χ0n) is 9.94. The van der Waals surface area contributed by atoms with E-state index in [4.69, 9.17) is 11.6 Å². The van der Waals surface area contributed by atoms with E-state index in [1.54, 1.807) is 12.4 Å². The third-order valence-electron chi connectivity index (χ3n) is 3.11. The molecule has 18 heavy (non-hydrogen) atoms. The minimum atomic E-state index is 0.697. The molecule has 1 fully saturated rings. The molecule has 92 valence electrons. The molecule has 2 aromatic rings. The van der Waals surface area contributed by atoms with E-state index in [0.717, 1.165) is 28.3 Å². The summed E-state index contributed by atoms with van der Waals surface area (Å²) in [7, 11) is 0. The van der Waals surface area contributed by atoms with Crippen LogP contribution in [0.1, 0.15) is 18.4 Å². The number of aromatic nitrogens is 2. The predicted octanol–water partition coefficient (Wildman–Crippen LogP) is 3.05. The molecule has 0 unspecified atom stereocenters. The smallest absolute Gasteiger partial charge is 0.115 e. The average molecular weight is 260 g/mol. The Labute approximate surface area is 111 Å². The van der Waals surface area contributed by atoms with Crippen LogP contribution in [0, 0.1) is 0 Å². The zero-order valence-corrected chi connectivity index (χ0v) is 10.7. The first-order chi connectivity index (χ1) is 8.83. The van der Waals surface area contributed by atoms with Crippen LogP contribution >= 0.6 is 11.6 Å². The Morgan fingerprint density at radius 1 is 1.17 bits per heavy atom. The largest absolute Gasteiger partial charge is 0.310 e. The topological polar surface area (TPSA) is 37.8 Å². The molecular weight excluding hydrogens is 246 g/mol. The SMILES string of the molecule is Clc1cc(-c2cncnc2)ccc1CNC1CC1. The first kappa shape index (κ1) is 11.6. The van der Waals surface area contributed by atoms with Crippen molar-refractivity contribution >= 4 is 11.6 Å². The Kier molecular flexibility index (Phi) is 3.26. The van der Waals surface area contributed by atoms with Gasteiger partial charge in [0.1, 0.15) is 6.33 Å². The van der Waals surface area contributed by atoms with Crippen molar-refractivity contribution in [2.24, 2.45) is 0 Å². The molecule has 4 heteroatoms. The molecule has 3 rings (SSSR count). The van der Waals surface area contributed by atoms with Crippen LogP contribution in [0.5, 0.6) is 0 Å². The Morgan fingerprint density at radius 2 is 1.94 bits per heavy atom. The minimum Gasteiger partial charge on any atom is -0.310 e. The molecule has 0 atom stereocenters. The maximum Gasteiger partial charge on any atom is 0.115 e. The number of halogens is 1. The van der Waals surface area contributed by atoms with Crippen LogP contribution in [-0.2, 0) is 6.54 Å². The zero-order chi connectivity index (χ0) is 12.4. The highest BCUT2D eigenvalue weighted by Gasteiger charge is 2.20. The highest BCUT2D eigenvalue weighted by molar-refractivity contribution is 6.31. The molecule has 0 spiro atoms. The summed E-state index contributed by atoms with van der Waals surface area (Å²) in [6.07, 6.45) is 7.69. The standard InChI is InChI=1S/C14H14ClN3/c15-14-5-10(12-6-16-9-17-7-12)1-2-11(14)8-18-13-3-4-13/h1-2,5-7,9,13,18H,3-4,8H2. The van der Waals surface area contributed by atoms with Crippen LogP contribution in [0.25, 0.3) is 11.1 Å².